The fraction of sp³-hybridized carbons (Fsp3) is 0.565. The number of carbonyl (C=O) groups is 2. The van der Waals surface area contributed by atoms with Crippen LogP contribution in [0.4, 0.5) is 14.9 Å². The van der Waals surface area contributed by atoms with Crippen molar-refractivity contribution in [2.24, 2.45) is 11.3 Å². The number of amides is 2. The van der Waals surface area contributed by atoms with Crippen LogP contribution in [-0.2, 0) is 19.0 Å². The zero-order valence-corrected chi connectivity index (χ0v) is 18.2. The van der Waals surface area contributed by atoms with Crippen LogP contribution in [0.15, 0.2) is 24.5 Å². The molecule has 1 N–H and O–H groups in total. The Hall–Kier alpha value is -2.77. The summed E-state index contributed by atoms with van der Waals surface area (Å²) in [6.07, 6.45) is 4.52. The topological polar surface area (TPSA) is 77.1 Å². The van der Waals surface area contributed by atoms with Crippen molar-refractivity contribution in [2.75, 3.05) is 18.0 Å². The summed E-state index contributed by atoms with van der Waals surface area (Å²) in [6, 6.07) is 4.53. The van der Waals surface area contributed by atoms with Crippen LogP contribution in [0.3, 0.4) is 0 Å². The molecule has 4 rings (SSSR count). The molecule has 1 aromatic rings. The summed E-state index contributed by atoms with van der Waals surface area (Å²) in [6.45, 7) is 6.30. The van der Waals surface area contributed by atoms with E-state index in [4.69, 9.17) is 14.2 Å². The minimum Gasteiger partial charge on any atom is -0.458 e. The fourth-order valence-corrected chi connectivity index (χ4v) is 4.61. The zero-order chi connectivity index (χ0) is 22.2. The van der Waals surface area contributed by atoms with Gasteiger partial charge in [0.1, 0.15) is 18.2 Å². The van der Waals surface area contributed by atoms with E-state index in [1.54, 1.807) is 12.1 Å². The molecule has 1 saturated heterocycles. The molecule has 3 unspecified atom stereocenters. The Labute approximate surface area is 181 Å². The van der Waals surface area contributed by atoms with Crippen LogP contribution >= 0.6 is 0 Å². The van der Waals surface area contributed by atoms with Crippen LogP contribution in [0.25, 0.3) is 5.76 Å². The van der Waals surface area contributed by atoms with Crippen molar-refractivity contribution in [2.45, 2.75) is 58.8 Å². The largest absolute Gasteiger partial charge is 0.458 e. The first-order valence-electron chi connectivity index (χ1n) is 10.8. The van der Waals surface area contributed by atoms with Crippen molar-refractivity contribution >= 4 is 23.4 Å². The number of cyclic esters (lactones) is 1. The Bertz CT molecular complexity index is 900. The summed E-state index contributed by atoms with van der Waals surface area (Å²) in [5.41, 5.74) is 0.793. The highest BCUT2D eigenvalue weighted by molar-refractivity contribution is 5.90. The lowest BCUT2D eigenvalue weighted by atomic mass is 9.68. The summed E-state index contributed by atoms with van der Waals surface area (Å²) in [5, 5.41) is 2.62. The molecule has 3 atom stereocenters. The zero-order valence-electron chi connectivity index (χ0n) is 18.2. The maximum Gasteiger partial charge on any atom is 0.414 e. The Morgan fingerprint density at radius 1 is 1.29 bits per heavy atom. The highest BCUT2D eigenvalue weighted by atomic mass is 19.1. The number of rotatable bonds is 5. The van der Waals surface area contributed by atoms with E-state index in [1.807, 2.05) is 0 Å². The predicted molar refractivity (Wildman–Crippen MR) is 112 cm³/mol. The van der Waals surface area contributed by atoms with E-state index in [-0.39, 0.29) is 30.3 Å². The monoisotopic (exact) mass is 432 g/mol. The number of benzene rings is 1. The number of halogens is 1. The number of nitrogens with one attached hydrogen (secondary N) is 1. The minimum absolute atomic E-state index is 0.110. The molecule has 0 bridgehead atoms. The Kier molecular flexibility index (Phi) is 5.81. The maximum absolute atomic E-state index is 14.9. The maximum atomic E-state index is 14.9. The van der Waals surface area contributed by atoms with Gasteiger partial charge in [0, 0.05) is 12.8 Å². The molecule has 0 spiro atoms. The van der Waals surface area contributed by atoms with Gasteiger partial charge in [-0.3, -0.25) is 9.69 Å². The number of anilines is 1. The first-order chi connectivity index (χ1) is 14.7. The molecular formula is C23H29FN2O5. The summed E-state index contributed by atoms with van der Waals surface area (Å²) < 4.78 is 32.0. The molecule has 0 radical (unpaired) electrons. The molecule has 2 fully saturated rings. The molecule has 8 heteroatoms. The van der Waals surface area contributed by atoms with Crippen LogP contribution in [0, 0.1) is 17.2 Å². The van der Waals surface area contributed by atoms with Gasteiger partial charge in [-0.1, -0.05) is 26.7 Å². The summed E-state index contributed by atoms with van der Waals surface area (Å²) in [7, 11) is 0. The number of carbonyl (C=O) groups excluding carboxylic acids is 2. The second-order valence-corrected chi connectivity index (χ2v) is 9.16. The van der Waals surface area contributed by atoms with Crippen molar-refractivity contribution in [3.8, 4) is 0 Å². The van der Waals surface area contributed by atoms with Crippen molar-refractivity contribution in [3.63, 3.8) is 0 Å². The number of ether oxygens (including phenoxy) is 3. The highest BCUT2D eigenvalue weighted by Crippen LogP contribution is 2.46. The van der Waals surface area contributed by atoms with E-state index < -0.39 is 24.3 Å². The fourth-order valence-electron chi connectivity index (χ4n) is 4.61. The minimum atomic E-state index is -0.568. The highest BCUT2D eigenvalue weighted by Gasteiger charge is 2.42. The number of hydrogen-bond donors (Lipinski definition) is 1. The van der Waals surface area contributed by atoms with E-state index in [0.717, 1.165) is 19.3 Å². The lowest BCUT2D eigenvalue weighted by Crippen LogP contribution is -2.37. The van der Waals surface area contributed by atoms with Crippen molar-refractivity contribution in [1.82, 2.24) is 5.32 Å². The van der Waals surface area contributed by atoms with Crippen LogP contribution in [0.5, 0.6) is 0 Å². The Morgan fingerprint density at radius 3 is 2.81 bits per heavy atom. The molecule has 1 aromatic carbocycles. The molecule has 1 aliphatic carbocycles. The van der Waals surface area contributed by atoms with Gasteiger partial charge in [0.05, 0.1) is 24.3 Å². The second-order valence-electron chi connectivity index (χ2n) is 9.16. The van der Waals surface area contributed by atoms with E-state index >= 15 is 0 Å². The van der Waals surface area contributed by atoms with Gasteiger partial charge in [-0.05, 0) is 36.5 Å². The third-order valence-electron chi connectivity index (χ3n) is 6.45. The molecule has 3 aliphatic rings. The Morgan fingerprint density at radius 2 is 2.10 bits per heavy atom. The summed E-state index contributed by atoms with van der Waals surface area (Å²) in [4.78, 5) is 24.6. The van der Waals surface area contributed by atoms with E-state index in [9.17, 15) is 14.0 Å². The van der Waals surface area contributed by atoms with Gasteiger partial charge in [-0.2, -0.15) is 0 Å². The molecule has 1 saturated carbocycles. The molecule has 2 amide bonds. The van der Waals surface area contributed by atoms with Gasteiger partial charge in [-0.25, -0.2) is 9.18 Å². The molecular weight excluding hydrogens is 403 g/mol. The molecule has 31 heavy (non-hydrogen) atoms. The summed E-state index contributed by atoms with van der Waals surface area (Å²) in [5.74, 6) is -0.0962. The van der Waals surface area contributed by atoms with Gasteiger partial charge >= 0.3 is 6.09 Å². The molecule has 2 heterocycles. The van der Waals surface area contributed by atoms with E-state index in [0.29, 0.717) is 17.0 Å². The van der Waals surface area contributed by atoms with Crippen LogP contribution < -0.4 is 10.2 Å². The van der Waals surface area contributed by atoms with Gasteiger partial charge in [0.15, 0.2) is 5.76 Å². The first-order valence-corrected chi connectivity index (χ1v) is 10.8. The normalized spacial score (nSPS) is 27.2. The lowest BCUT2D eigenvalue weighted by molar-refractivity contribution is -0.119. The average Bonchev–Trinajstić information content (AvgIpc) is 3.32. The van der Waals surface area contributed by atoms with Gasteiger partial charge < -0.3 is 19.5 Å². The van der Waals surface area contributed by atoms with Gasteiger partial charge in [0.2, 0.25) is 12.2 Å². The van der Waals surface area contributed by atoms with Crippen molar-refractivity contribution in [3.05, 3.63) is 35.8 Å². The molecule has 2 aliphatic heterocycles. The third-order valence-corrected chi connectivity index (χ3v) is 6.45. The average molecular weight is 432 g/mol. The molecule has 7 nitrogen and oxygen atoms in total. The Balaban J connectivity index is 1.43. The van der Waals surface area contributed by atoms with E-state index in [2.05, 4.69) is 19.2 Å². The van der Waals surface area contributed by atoms with E-state index in [1.165, 1.54) is 30.6 Å². The van der Waals surface area contributed by atoms with Crippen molar-refractivity contribution in [1.29, 1.82) is 0 Å². The van der Waals surface area contributed by atoms with Gasteiger partial charge in [0.25, 0.3) is 0 Å². The third kappa shape index (κ3) is 4.48. The predicted octanol–water partition coefficient (Wildman–Crippen LogP) is 4.17. The smallest absolute Gasteiger partial charge is 0.414 e. The summed E-state index contributed by atoms with van der Waals surface area (Å²) >= 11 is 0. The standard InChI is InChI=1S/C23H29FN2O5/c1-14(27)25-11-16-12-26(22(28)30-16)15-7-8-17(19(24)10-15)20-13-29-21(31-20)18-6-4-5-9-23(18,2)3/h7-8,10,13,16,18,21H,4-6,9,11-12H2,1-3H3,(H,25,27). The molecule has 0 aromatic heterocycles. The van der Waals surface area contributed by atoms with Crippen LogP contribution in [-0.4, -0.2) is 37.5 Å². The lowest BCUT2D eigenvalue weighted by Gasteiger charge is -2.40. The van der Waals surface area contributed by atoms with Crippen LogP contribution in [0.1, 0.15) is 52.0 Å². The SMILES string of the molecule is CC(=O)NCC1CN(c2ccc(C3=COC(C4CCCCC4(C)C)O3)c(F)c2)C(=O)O1. The molecule has 168 valence electrons. The number of nitrogens with zero attached hydrogens (tertiary/aromatic N) is 1. The quantitative estimate of drug-likeness (QED) is 0.756. The second kappa shape index (κ2) is 8.40. The van der Waals surface area contributed by atoms with Gasteiger partial charge in [-0.15, -0.1) is 0 Å². The first kappa shape index (κ1) is 21.5. The van der Waals surface area contributed by atoms with Crippen molar-refractivity contribution < 1.29 is 28.2 Å². The van der Waals surface area contributed by atoms with Crippen LogP contribution in [0.2, 0.25) is 0 Å². The number of hydrogen-bond acceptors (Lipinski definition) is 5.